The summed E-state index contributed by atoms with van der Waals surface area (Å²) in [5, 5.41) is 4.30. The van der Waals surface area contributed by atoms with Crippen molar-refractivity contribution in [1.82, 2.24) is 14.7 Å². The first-order valence-electron chi connectivity index (χ1n) is 15.5. The molecule has 3 aliphatic rings. The van der Waals surface area contributed by atoms with Crippen LogP contribution >= 0.6 is 19.5 Å². The van der Waals surface area contributed by atoms with E-state index in [0.29, 0.717) is 5.56 Å². The second kappa shape index (κ2) is 13.6. The molecule has 256 valence electrons. The smallest absolute Gasteiger partial charge is 0.459 e. The molecule has 3 aliphatic heterocycles. The fourth-order valence-electron chi connectivity index (χ4n) is 6.09. The Balaban J connectivity index is 1.56. The van der Waals surface area contributed by atoms with Crippen LogP contribution in [-0.2, 0) is 29.1 Å². The molecule has 1 amide bonds. The van der Waals surface area contributed by atoms with Crippen LogP contribution in [0.2, 0.25) is 0 Å². The molecule has 0 aliphatic carbocycles. The Morgan fingerprint density at radius 1 is 1.12 bits per heavy atom. The zero-order valence-corrected chi connectivity index (χ0v) is 28.4. The van der Waals surface area contributed by atoms with Gasteiger partial charge in [0.25, 0.3) is 5.91 Å². The molecule has 0 bridgehead atoms. The van der Waals surface area contributed by atoms with E-state index in [0.717, 1.165) is 22.6 Å². The first-order chi connectivity index (χ1) is 22.9. The molecule has 16 heteroatoms. The monoisotopic (exact) mass is 704 g/mol. The molecule has 4 atom stereocenters. The zero-order chi connectivity index (χ0) is 34.3. The lowest BCUT2D eigenvalue weighted by molar-refractivity contribution is -0.144. The minimum atomic E-state index is -4.52. The number of benzene rings is 2. The molecule has 12 nitrogen and oxygen atoms in total. The molecule has 1 unspecified atom stereocenters. The van der Waals surface area contributed by atoms with Crippen molar-refractivity contribution in [2.24, 2.45) is 0 Å². The molecular formula is C32H35F2N4O8PS. The standard InChI is InChI=1S/C32H35F2N4O8PS/c1-5-44-32(41)19(4)35-47(42,45-18(2)3)46-30-24(39)12-13-37-29(30)31(40)36-14-15-43-16-26(36)38(37)28-20-10-11-23(33)27(34)22(20)17-48-25-9-7-6-8-21(25)28/h6-13,18-19,26,28H,5,14-17H2,1-4H3,(H,35,42)/t19-,26+,28-,47?/m0/s1. The number of esters is 1. The van der Waals surface area contributed by atoms with E-state index in [9.17, 15) is 23.3 Å². The second-order valence-corrected chi connectivity index (χ2v) is 14.3. The van der Waals surface area contributed by atoms with Crippen LogP contribution in [0.15, 0.2) is 58.4 Å². The number of thioether (sulfide) groups is 1. The van der Waals surface area contributed by atoms with E-state index in [2.05, 4.69) is 5.09 Å². The number of rotatable bonds is 9. The summed E-state index contributed by atoms with van der Waals surface area (Å²) in [5.74, 6) is -3.72. The highest BCUT2D eigenvalue weighted by Gasteiger charge is 2.47. The predicted molar refractivity (Wildman–Crippen MR) is 172 cm³/mol. The molecule has 3 aromatic rings. The number of ether oxygens (including phenoxy) is 2. The number of carbonyl (C=O) groups excluding carboxylic acids is 2. The van der Waals surface area contributed by atoms with Crippen LogP contribution in [0.5, 0.6) is 5.75 Å². The number of hydrogen-bond donors (Lipinski definition) is 1. The van der Waals surface area contributed by atoms with Crippen LogP contribution in [0.4, 0.5) is 8.78 Å². The van der Waals surface area contributed by atoms with Gasteiger partial charge in [-0.05, 0) is 51.0 Å². The summed E-state index contributed by atoms with van der Waals surface area (Å²) in [4.78, 5) is 42.6. The summed E-state index contributed by atoms with van der Waals surface area (Å²) in [6.45, 7) is 6.66. The second-order valence-electron chi connectivity index (χ2n) is 11.6. The van der Waals surface area contributed by atoms with Gasteiger partial charge in [-0.25, -0.2) is 13.3 Å². The van der Waals surface area contributed by atoms with Crippen LogP contribution in [0.1, 0.15) is 60.9 Å². The summed E-state index contributed by atoms with van der Waals surface area (Å²) in [6, 6.07) is 9.20. The van der Waals surface area contributed by atoms with Gasteiger partial charge in [-0.15, -0.1) is 11.8 Å². The van der Waals surface area contributed by atoms with Crippen LogP contribution in [-0.4, -0.2) is 66.1 Å². The maximum atomic E-state index is 15.5. The molecule has 0 saturated carbocycles. The van der Waals surface area contributed by atoms with Crippen LogP contribution in [0, 0.1) is 11.6 Å². The molecule has 0 radical (unpaired) electrons. The molecule has 2 aromatic carbocycles. The lowest BCUT2D eigenvalue weighted by Gasteiger charge is -2.51. The largest absolute Gasteiger partial charge is 0.465 e. The average Bonchev–Trinajstić information content (AvgIpc) is 3.21. The third-order valence-corrected chi connectivity index (χ3v) is 11.0. The average molecular weight is 705 g/mol. The molecular weight excluding hydrogens is 669 g/mol. The predicted octanol–water partition coefficient (Wildman–Crippen LogP) is 4.73. The molecule has 48 heavy (non-hydrogen) atoms. The summed E-state index contributed by atoms with van der Waals surface area (Å²) in [6.07, 6.45) is -0.0585. The van der Waals surface area contributed by atoms with Crippen molar-refractivity contribution in [3.05, 3.63) is 92.9 Å². The van der Waals surface area contributed by atoms with Crippen molar-refractivity contribution in [3.8, 4) is 5.75 Å². The highest BCUT2D eigenvalue weighted by Crippen LogP contribution is 2.48. The Labute approximate surface area is 279 Å². The van der Waals surface area contributed by atoms with Crippen molar-refractivity contribution in [1.29, 1.82) is 0 Å². The number of hydrogen-bond acceptors (Lipinski definition) is 10. The van der Waals surface area contributed by atoms with Gasteiger partial charge in [-0.2, -0.15) is 5.09 Å². The number of carbonyl (C=O) groups is 2. The Morgan fingerprint density at radius 2 is 1.90 bits per heavy atom. The minimum Gasteiger partial charge on any atom is -0.465 e. The number of amides is 1. The highest BCUT2D eigenvalue weighted by molar-refractivity contribution is 7.98. The SMILES string of the molecule is CCOC(=O)[C@H](C)NP(=O)(Oc1c2n(ccc1=O)N([C@@H]1c3ccccc3SCc3c1ccc(F)c3F)[C@@H]1COCCN1C2=O)OC(C)C. The van der Waals surface area contributed by atoms with Crippen molar-refractivity contribution in [3.63, 3.8) is 0 Å². The number of halogens is 2. The molecule has 1 aromatic heterocycles. The first-order valence-corrected chi connectivity index (χ1v) is 18.0. The van der Waals surface area contributed by atoms with E-state index in [4.69, 9.17) is 18.5 Å². The van der Waals surface area contributed by atoms with Crippen LogP contribution in [0.3, 0.4) is 0 Å². The third-order valence-electron chi connectivity index (χ3n) is 8.09. The highest BCUT2D eigenvalue weighted by atomic mass is 32.2. The van der Waals surface area contributed by atoms with Crippen LogP contribution < -0.4 is 20.0 Å². The van der Waals surface area contributed by atoms with E-state index in [-0.39, 0.29) is 43.4 Å². The normalized spacial score (nSPS) is 20.5. The zero-order valence-electron chi connectivity index (χ0n) is 26.7. The molecule has 6 rings (SSSR count). The molecule has 1 fully saturated rings. The van der Waals surface area contributed by atoms with E-state index in [1.165, 1.54) is 40.5 Å². The van der Waals surface area contributed by atoms with Gasteiger partial charge in [-0.3, -0.25) is 28.6 Å². The van der Waals surface area contributed by atoms with Crippen molar-refractivity contribution in [2.45, 2.75) is 62.7 Å². The maximum absolute atomic E-state index is 15.5. The first kappa shape index (κ1) is 34.1. The summed E-state index contributed by atoms with van der Waals surface area (Å²) < 4.78 is 68.1. The topological polar surface area (TPSA) is 129 Å². The van der Waals surface area contributed by atoms with E-state index in [1.54, 1.807) is 25.8 Å². The van der Waals surface area contributed by atoms with E-state index in [1.807, 2.05) is 24.3 Å². The van der Waals surface area contributed by atoms with Gasteiger partial charge in [-0.1, -0.05) is 24.3 Å². The number of morpholine rings is 1. The number of nitrogens with zero attached hydrogens (tertiary/aromatic N) is 3. The quantitative estimate of drug-likeness (QED) is 0.246. The number of nitrogens with one attached hydrogen (secondary N) is 1. The van der Waals surface area contributed by atoms with Gasteiger partial charge in [0.2, 0.25) is 11.2 Å². The van der Waals surface area contributed by atoms with E-state index >= 15 is 4.39 Å². The van der Waals surface area contributed by atoms with Gasteiger partial charge < -0.3 is 18.9 Å². The number of fused-ring (bicyclic) bond motifs is 4. The van der Waals surface area contributed by atoms with Gasteiger partial charge in [0.05, 0.1) is 32.0 Å². The number of pyridine rings is 1. The van der Waals surface area contributed by atoms with Gasteiger partial charge in [0.15, 0.2) is 17.3 Å². The fraction of sp³-hybridized carbons (Fsp3) is 0.406. The lowest BCUT2D eigenvalue weighted by atomic mass is 9.93. The molecule has 0 spiro atoms. The third kappa shape index (κ3) is 6.25. The Hall–Kier alpha value is -3.75. The van der Waals surface area contributed by atoms with Crippen molar-refractivity contribution in [2.75, 3.05) is 31.4 Å². The van der Waals surface area contributed by atoms with Crippen molar-refractivity contribution < 1.29 is 41.5 Å². The van der Waals surface area contributed by atoms with Crippen LogP contribution in [0.25, 0.3) is 0 Å². The Morgan fingerprint density at radius 3 is 2.65 bits per heavy atom. The molecule has 1 saturated heterocycles. The summed E-state index contributed by atoms with van der Waals surface area (Å²) in [5.41, 5.74) is 0.324. The minimum absolute atomic E-state index is 0.0614. The summed E-state index contributed by atoms with van der Waals surface area (Å²) >= 11 is 1.36. The van der Waals surface area contributed by atoms with Gasteiger partial charge >= 0.3 is 13.7 Å². The van der Waals surface area contributed by atoms with Gasteiger partial charge in [0.1, 0.15) is 12.2 Å². The maximum Gasteiger partial charge on any atom is 0.459 e. The van der Waals surface area contributed by atoms with Gasteiger partial charge in [0, 0.05) is 35.0 Å². The number of aromatic nitrogens is 1. The molecule has 1 N–H and O–H groups in total. The fourth-order valence-corrected chi connectivity index (χ4v) is 8.91. The Bertz CT molecular complexity index is 1860. The Kier molecular flexibility index (Phi) is 9.69. The van der Waals surface area contributed by atoms with E-state index < -0.39 is 66.8 Å². The summed E-state index contributed by atoms with van der Waals surface area (Å²) in [7, 11) is -4.52. The molecule has 4 heterocycles. The lowest BCUT2D eigenvalue weighted by Crippen LogP contribution is -2.66. The van der Waals surface area contributed by atoms with Crippen molar-refractivity contribution >= 4 is 31.4 Å².